The summed E-state index contributed by atoms with van der Waals surface area (Å²) >= 11 is 1.21. The van der Waals surface area contributed by atoms with E-state index >= 15 is 0 Å². The van der Waals surface area contributed by atoms with Gasteiger partial charge in [-0.15, -0.1) is 0 Å². The second-order valence-corrected chi connectivity index (χ2v) is 5.25. The van der Waals surface area contributed by atoms with Gasteiger partial charge in [0, 0.05) is 12.1 Å². The highest BCUT2D eigenvalue weighted by Crippen LogP contribution is 2.32. The van der Waals surface area contributed by atoms with Crippen LogP contribution in [0.15, 0.2) is 30.3 Å². The standard InChI is InChI=1S/C14H9F3N2OS/c1-20-8-2-3-11-12(6-8)21-14(18-11)19-13-9(16)4-7(15)5-10(13)17/h2-6H,1H3,(H,18,19). The zero-order valence-corrected chi connectivity index (χ0v) is 11.6. The van der Waals surface area contributed by atoms with Crippen molar-refractivity contribution in [2.75, 3.05) is 12.4 Å². The molecule has 1 aromatic heterocycles. The number of ether oxygens (including phenoxy) is 1. The Morgan fingerprint density at radius 1 is 1.10 bits per heavy atom. The molecular formula is C14H9F3N2OS. The average molecular weight is 310 g/mol. The topological polar surface area (TPSA) is 34.1 Å². The first-order chi connectivity index (χ1) is 10.1. The normalized spacial score (nSPS) is 10.9. The van der Waals surface area contributed by atoms with Crippen molar-refractivity contribution in [3.05, 3.63) is 47.8 Å². The van der Waals surface area contributed by atoms with E-state index in [9.17, 15) is 13.2 Å². The lowest BCUT2D eigenvalue weighted by molar-refractivity contribution is 0.415. The van der Waals surface area contributed by atoms with Crippen molar-refractivity contribution in [2.45, 2.75) is 0 Å². The summed E-state index contributed by atoms with van der Waals surface area (Å²) in [6.45, 7) is 0. The van der Waals surface area contributed by atoms with Gasteiger partial charge in [0.2, 0.25) is 0 Å². The molecular weight excluding hydrogens is 301 g/mol. The van der Waals surface area contributed by atoms with Gasteiger partial charge in [-0.2, -0.15) is 0 Å². The summed E-state index contributed by atoms with van der Waals surface area (Å²) < 4.78 is 45.9. The molecule has 3 nitrogen and oxygen atoms in total. The van der Waals surface area contributed by atoms with Crippen LogP contribution in [0.1, 0.15) is 0 Å². The SMILES string of the molecule is COc1ccc2nc(Nc3c(F)cc(F)cc3F)sc2c1. The van der Waals surface area contributed by atoms with Crippen LogP contribution in [-0.4, -0.2) is 12.1 Å². The van der Waals surface area contributed by atoms with Gasteiger partial charge in [0.25, 0.3) is 0 Å². The molecule has 0 aliphatic heterocycles. The van der Waals surface area contributed by atoms with E-state index in [4.69, 9.17) is 4.74 Å². The molecule has 0 saturated heterocycles. The molecule has 2 aromatic carbocycles. The zero-order valence-electron chi connectivity index (χ0n) is 10.8. The summed E-state index contributed by atoms with van der Waals surface area (Å²) in [6, 6.07) is 6.48. The number of halogens is 3. The molecule has 3 rings (SSSR count). The number of rotatable bonds is 3. The quantitative estimate of drug-likeness (QED) is 0.775. The largest absolute Gasteiger partial charge is 0.497 e. The van der Waals surface area contributed by atoms with Crippen molar-refractivity contribution in [3.8, 4) is 5.75 Å². The number of nitrogens with one attached hydrogen (secondary N) is 1. The fourth-order valence-electron chi connectivity index (χ4n) is 1.85. The lowest BCUT2D eigenvalue weighted by Crippen LogP contribution is -1.98. The Hall–Kier alpha value is -2.28. The molecule has 0 aliphatic rings. The highest BCUT2D eigenvalue weighted by atomic mass is 32.1. The van der Waals surface area contributed by atoms with Crippen LogP contribution in [0, 0.1) is 17.5 Å². The smallest absolute Gasteiger partial charge is 0.188 e. The number of hydrogen-bond donors (Lipinski definition) is 1. The first kappa shape index (κ1) is 13.7. The molecule has 21 heavy (non-hydrogen) atoms. The Kier molecular flexibility index (Phi) is 3.42. The average Bonchev–Trinajstić information content (AvgIpc) is 2.84. The summed E-state index contributed by atoms with van der Waals surface area (Å²) in [5.41, 5.74) is 0.244. The van der Waals surface area contributed by atoms with E-state index in [2.05, 4.69) is 10.3 Å². The van der Waals surface area contributed by atoms with Crippen LogP contribution in [-0.2, 0) is 0 Å². The predicted octanol–water partition coefficient (Wildman–Crippen LogP) is 4.47. The van der Waals surface area contributed by atoms with Gasteiger partial charge in [0.15, 0.2) is 16.8 Å². The van der Waals surface area contributed by atoms with Crippen LogP contribution < -0.4 is 10.1 Å². The van der Waals surface area contributed by atoms with Crippen LogP contribution >= 0.6 is 11.3 Å². The number of hydrogen-bond acceptors (Lipinski definition) is 4. The third-order valence-corrected chi connectivity index (χ3v) is 3.77. The molecule has 3 aromatic rings. The molecule has 1 heterocycles. The van der Waals surface area contributed by atoms with Crippen LogP contribution in [0.5, 0.6) is 5.75 Å². The summed E-state index contributed by atoms with van der Waals surface area (Å²) in [4.78, 5) is 4.21. The minimum Gasteiger partial charge on any atom is -0.497 e. The number of anilines is 2. The van der Waals surface area contributed by atoms with Crippen molar-refractivity contribution in [1.82, 2.24) is 4.98 Å². The third-order valence-electron chi connectivity index (χ3n) is 2.83. The maximum atomic E-state index is 13.6. The number of aromatic nitrogens is 1. The van der Waals surface area contributed by atoms with Gasteiger partial charge in [-0.25, -0.2) is 18.2 Å². The van der Waals surface area contributed by atoms with Gasteiger partial charge in [0.1, 0.15) is 17.3 Å². The van der Waals surface area contributed by atoms with Crippen LogP contribution in [0.3, 0.4) is 0 Å². The first-order valence-electron chi connectivity index (χ1n) is 5.93. The van der Waals surface area contributed by atoms with Gasteiger partial charge < -0.3 is 10.1 Å². The number of thiazole rings is 1. The van der Waals surface area contributed by atoms with E-state index in [1.54, 1.807) is 25.3 Å². The van der Waals surface area contributed by atoms with Crippen molar-refractivity contribution >= 4 is 32.4 Å². The molecule has 0 spiro atoms. The molecule has 108 valence electrons. The van der Waals surface area contributed by atoms with E-state index in [0.29, 0.717) is 28.5 Å². The third kappa shape index (κ3) is 2.64. The van der Waals surface area contributed by atoms with Crippen LogP contribution in [0.2, 0.25) is 0 Å². The van der Waals surface area contributed by atoms with E-state index in [0.717, 1.165) is 4.70 Å². The number of fused-ring (bicyclic) bond motifs is 1. The van der Waals surface area contributed by atoms with Crippen molar-refractivity contribution in [2.24, 2.45) is 0 Å². The molecule has 0 aliphatic carbocycles. The van der Waals surface area contributed by atoms with Crippen molar-refractivity contribution in [3.63, 3.8) is 0 Å². The maximum absolute atomic E-state index is 13.6. The highest BCUT2D eigenvalue weighted by Gasteiger charge is 2.14. The number of methoxy groups -OCH3 is 1. The molecule has 0 amide bonds. The lowest BCUT2D eigenvalue weighted by atomic mass is 10.3. The van der Waals surface area contributed by atoms with Crippen LogP contribution in [0.4, 0.5) is 24.0 Å². The van der Waals surface area contributed by atoms with Gasteiger partial charge in [-0.3, -0.25) is 0 Å². The Morgan fingerprint density at radius 2 is 1.81 bits per heavy atom. The Morgan fingerprint density at radius 3 is 2.48 bits per heavy atom. The number of benzene rings is 2. The minimum absolute atomic E-state index is 0.308. The van der Waals surface area contributed by atoms with Crippen LogP contribution in [0.25, 0.3) is 10.2 Å². The molecule has 1 N–H and O–H groups in total. The first-order valence-corrected chi connectivity index (χ1v) is 6.74. The lowest BCUT2D eigenvalue weighted by Gasteiger charge is -2.05. The molecule has 0 unspecified atom stereocenters. The van der Waals surface area contributed by atoms with E-state index in [1.165, 1.54) is 11.3 Å². The Labute approximate surface area is 122 Å². The number of nitrogens with zero attached hydrogens (tertiary/aromatic N) is 1. The monoisotopic (exact) mass is 310 g/mol. The molecule has 7 heteroatoms. The highest BCUT2D eigenvalue weighted by molar-refractivity contribution is 7.22. The summed E-state index contributed by atoms with van der Waals surface area (Å²) in [6.07, 6.45) is 0. The predicted molar refractivity (Wildman–Crippen MR) is 75.8 cm³/mol. The summed E-state index contributed by atoms with van der Waals surface area (Å²) in [7, 11) is 1.55. The summed E-state index contributed by atoms with van der Waals surface area (Å²) in [5.74, 6) is -2.32. The van der Waals surface area contributed by atoms with Gasteiger partial charge >= 0.3 is 0 Å². The van der Waals surface area contributed by atoms with Gasteiger partial charge in [-0.1, -0.05) is 11.3 Å². The maximum Gasteiger partial charge on any atom is 0.188 e. The van der Waals surface area contributed by atoms with Gasteiger partial charge in [-0.05, 0) is 18.2 Å². The Balaban J connectivity index is 1.98. The second-order valence-electron chi connectivity index (χ2n) is 4.22. The summed E-state index contributed by atoms with van der Waals surface area (Å²) in [5, 5.41) is 2.85. The van der Waals surface area contributed by atoms with E-state index in [-0.39, 0.29) is 0 Å². The molecule has 0 atom stereocenters. The second kappa shape index (κ2) is 5.25. The molecule has 0 bridgehead atoms. The fourth-order valence-corrected chi connectivity index (χ4v) is 2.75. The molecule has 0 fully saturated rings. The van der Waals surface area contributed by atoms with E-state index in [1.807, 2.05) is 0 Å². The fraction of sp³-hybridized carbons (Fsp3) is 0.0714. The molecule has 0 saturated carbocycles. The molecule has 0 radical (unpaired) electrons. The van der Waals surface area contributed by atoms with Crippen molar-refractivity contribution in [1.29, 1.82) is 0 Å². The Bertz CT molecular complexity index is 796. The van der Waals surface area contributed by atoms with E-state index < -0.39 is 23.1 Å². The zero-order chi connectivity index (χ0) is 15.0. The van der Waals surface area contributed by atoms with Gasteiger partial charge in [0.05, 0.1) is 17.3 Å². The minimum atomic E-state index is -1.01. The van der Waals surface area contributed by atoms with Crippen molar-refractivity contribution < 1.29 is 17.9 Å².